The van der Waals surface area contributed by atoms with Gasteiger partial charge in [0.05, 0.1) is 5.60 Å². The van der Waals surface area contributed by atoms with Crippen molar-refractivity contribution in [2.45, 2.75) is 81.3 Å². The number of hydrogen-bond acceptors (Lipinski definition) is 4. The maximum Gasteiger partial charge on any atom is 0.0691 e. The lowest BCUT2D eigenvalue weighted by Gasteiger charge is -2.47. The number of hydrogen-bond donors (Lipinski definition) is 1. The van der Waals surface area contributed by atoms with Crippen molar-refractivity contribution in [1.82, 2.24) is 10.3 Å². The second kappa shape index (κ2) is 8.46. The highest BCUT2D eigenvalue weighted by atomic mass is 16.5. The maximum atomic E-state index is 6.44. The highest BCUT2D eigenvalue weighted by Crippen LogP contribution is 2.49. The van der Waals surface area contributed by atoms with Gasteiger partial charge >= 0.3 is 0 Å². The first-order chi connectivity index (χ1) is 15.8. The third-order valence-corrected chi connectivity index (χ3v) is 8.77. The summed E-state index contributed by atoms with van der Waals surface area (Å²) < 4.78 is 6.44. The number of nitrogens with zero attached hydrogens (tertiary/aromatic N) is 2. The number of pyridine rings is 1. The zero-order valence-electron chi connectivity index (χ0n) is 19.3. The first-order valence-electron chi connectivity index (χ1n) is 12.9. The highest BCUT2D eigenvalue weighted by Gasteiger charge is 2.48. The van der Waals surface area contributed by atoms with Crippen molar-refractivity contribution in [3.05, 3.63) is 59.4 Å². The molecule has 0 amide bonds. The molecule has 4 nitrogen and oxygen atoms in total. The van der Waals surface area contributed by atoms with Crippen molar-refractivity contribution in [2.75, 3.05) is 31.1 Å². The number of aryl methyl sites for hydroxylation is 1. The maximum absolute atomic E-state index is 6.44. The fourth-order valence-electron chi connectivity index (χ4n) is 7.21. The largest absolute Gasteiger partial charge is 0.375 e. The quantitative estimate of drug-likeness (QED) is 0.695. The van der Waals surface area contributed by atoms with Crippen LogP contribution in [-0.4, -0.2) is 36.8 Å². The summed E-state index contributed by atoms with van der Waals surface area (Å²) in [4.78, 5) is 7.51. The number of ether oxygens (including phenoxy) is 1. The van der Waals surface area contributed by atoms with Gasteiger partial charge < -0.3 is 15.0 Å². The summed E-state index contributed by atoms with van der Waals surface area (Å²) in [6.45, 7) is 4.33. The number of aromatic nitrogens is 1. The van der Waals surface area contributed by atoms with Crippen molar-refractivity contribution in [2.24, 2.45) is 0 Å². The molecular formula is C28H37N3O. The third-order valence-electron chi connectivity index (χ3n) is 8.77. The lowest BCUT2D eigenvalue weighted by atomic mass is 9.68. The molecule has 3 aliphatic heterocycles. The lowest BCUT2D eigenvalue weighted by Crippen LogP contribution is -2.48. The number of para-hydroxylation sites is 1. The van der Waals surface area contributed by atoms with E-state index in [-0.39, 0.29) is 11.0 Å². The molecule has 1 saturated heterocycles. The van der Waals surface area contributed by atoms with Crippen LogP contribution in [-0.2, 0) is 16.6 Å². The van der Waals surface area contributed by atoms with Crippen molar-refractivity contribution in [1.29, 1.82) is 0 Å². The first-order valence-corrected chi connectivity index (χ1v) is 12.9. The normalized spacial score (nSPS) is 28.6. The molecule has 0 bridgehead atoms. The van der Waals surface area contributed by atoms with Gasteiger partial charge in [0, 0.05) is 48.7 Å². The smallest absolute Gasteiger partial charge is 0.0691 e. The molecule has 4 aliphatic rings. The Labute approximate surface area is 192 Å². The van der Waals surface area contributed by atoms with E-state index in [1.54, 1.807) is 5.56 Å². The van der Waals surface area contributed by atoms with Gasteiger partial charge in [-0.2, -0.15) is 0 Å². The predicted octanol–water partition coefficient (Wildman–Crippen LogP) is 5.32. The van der Waals surface area contributed by atoms with Crippen LogP contribution in [0.1, 0.15) is 80.7 Å². The molecule has 1 aromatic carbocycles. The van der Waals surface area contributed by atoms with Gasteiger partial charge in [-0.3, -0.25) is 4.98 Å². The minimum atomic E-state index is 0.0968. The molecule has 1 unspecified atom stereocenters. The first kappa shape index (κ1) is 20.7. The van der Waals surface area contributed by atoms with Crippen LogP contribution in [0, 0.1) is 0 Å². The van der Waals surface area contributed by atoms with Crippen LogP contribution in [0.15, 0.2) is 42.6 Å². The van der Waals surface area contributed by atoms with E-state index in [4.69, 9.17) is 9.72 Å². The molecule has 6 rings (SSSR count). The van der Waals surface area contributed by atoms with Crippen LogP contribution in [0.5, 0.6) is 0 Å². The van der Waals surface area contributed by atoms with E-state index in [9.17, 15) is 0 Å². The molecule has 32 heavy (non-hydrogen) atoms. The summed E-state index contributed by atoms with van der Waals surface area (Å²) in [5, 5.41) is 4.00. The number of anilines is 1. The topological polar surface area (TPSA) is 37.4 Å². The Hall–Kier alpha value is -1.91. The minimum absolute atomic E-state index is 0.0968. The fourth-order valence-corrected chi connectivity index (χ4v) is 7.21. The molecule has 1 spiro atoms. The Balaban J connectivity index is 1.21. The molecule has 4 heteroatoms. The number of rotatable bonds is 5. The Morgan fingerprint density at radius 1 is 1.03 bits per heavy atom. The molecule has 1 N–H and O–H groups in total. The van der Waals surface area contributed by atoms with Crippen LogP contribution < -0.4 is 10.2 Å². The monoisotopic (exact) mass is 431 g/mol. The van der Waals surface area contributed by atoms with E-state index in [0.717, 1.165) is 32.4 Å². The lowest BCUT2D eigenvalue weighted by molar-refractivity contribution is -0.104. The van der Waals surface area contributed by atoms with Gasteiger partial charge in [0.15, 0.2) is 0 Å². The summed E-state index contributed by atoms with van der Waals surface area (Å²) in [5.74, 6) is 0. The summed E-state index contributed by atoms with van der Waals surface area (Å²) in [7, 11) is 0. The Morgan fingerprint density at radius 2 is 1.97 bits per heavy atom. The standard InChI is InChI=1S/C28H37N3O/c1-4-16-30-25(10-1)27(15-20-32-28(21-27)12-2-3-13-28)14-17-29-24-11-19-31-18-6-8-22-7-5-9-23(24)26(22)31/h1,4-5,7,9-10,16,24,29H,2-3,6,8,11-15,17-21H2/t24?,27-/m1/s1. The second-order valence-electron chi connectivity index (χ2n) is 10.7. The van der Waals surface area contributed by atoms with Gasteiger partial charge in [0.2, 0.25) is 0 Å². The van der Waals surface area contributed by atoms with Crippen molar-refractivity contribution in [3.8, 4) is 0 Å². The van der Waals surface area contributed by atoms with E-state index >= 15 is 0 Å². The molecular weight excluding hydrogens is 394 g/mol. The van der Waals surface area contributed by atoms with Crippen LogP contribution >= 0.6 is 0 Å². The molecule has 4 heterocycles. The SMILES string of the molecule is c1ccc([C@]2(CCNC3CCN4CCCc5cccc3c54)CCOC3(CCCC3)C2)nc1. The van der Waals surface area contributed by atoms with Crippen LogP contribution in [0.25, 0.3) is 0 Å². The van der Waals surface area contributed by atoms with Crippen LogP contribution in [0.4, 0.5) is 5.69 Å². The molecule has 2 aromatic rings. The van der Waals surface area contributed by atoms with Gasteiger partial charge in [-0.25, -0.2) is 0 Å². The van der Waals surface area contributed by atoms with Crippen LogP contribution in [0.2, 0.25) is 0 Å². The third kappa shape index (κ3) is 3.66. The van der Waals surface area contributed by atoms with E-state index in [1.165, 1.54) is 75.0 Å². The number of benzene rings is 1. The van der Waals surface area contributed by atoms with Gasteiger partial charge in [0.25, 0.3) is 0 Å². The Kier molecular flexibility index (Phi) is 5.47. The Bertz CT molecular complexity index is 939. The molecule has 1 aromatic heterocycles. The molecule has 1 aliphatic carbocycles. The predicted molar refractivity (Wildman–Crippen MR) is 129 cm³/mol. The summed E-state index contributed by atoms with van der Waals surface area (Å²) >= 11 is 0. The average Bonchev–Trinajstić information content (AvgIpc) is 3.28. The minimum Gasteiger partial charge on any atom is -0.375 e. The summed E-state index contributed by atoms with van der Waals surface area (Å²) in [5.41, 5.74) is 6.13. The van der Waals surface area contributed by atoms with Gasteiger partial charge in [-0.15, -0.1) is 0 Å². The molecule has 1 saturated carbocycles. The van der Waals surface area contributed by atoms with E-state index in [2.05, 4.69) is 40.5 Å². The molecule has 2 atom stereocenters. The fraction of sp³-hybridized carbons (Fsp3) is 0.607. The molecule has 0 radical (unpaired) electrons. The molecule has 170 valence electrons. The Morgan fingerprint density at radius 3 is 2.84 bits per heavy atom. The average molecular weight is 432 g/mol. The summed E-state index contributed by atoms with van der Waals surface area (Å²) in [6, 6.07) is 13.9. The molecule has 2 fully saturated rings. The zero-order valence-corrected chi connectivity index (χ0v) is 19.3. The zero-order chi connectivity index (χ0) is 21.4. The van der Waals surface area contributed by atoms with Crippen molar-refractivity contribution < 1.29 is 4.74 Å². The van der Waals surface area contributed by atoms with E-state index < -0.39 is 0 Å². The van der Waals surface area contributed by atoms with Crippen molar-refractivity contribution in [3.63, 3.8) is 0 Å². The van der Waals surface area contributed by atoms with Gasteiger partial charge in [-0.05, 0) is 81.2 Å². The van der Waals surface area contributed by atoms with Gasteiger partial charge in [0.1, 0.15) is 0 Å². The van der Waals surface area contributed by atoms with Crippen LogP contribution in [0.3, 0.4) is 0 Å². The van der Waals surface area contributed by atoms with E-state index in [0.29, 0.717) is 6.04 Å². The van der Waals surface area contributed by atoms with Gasteiger partial charge in [-0.1, -0.05) is 37.1 Å². The second-order valence-corrected chi connectivity index (χ2v) is 10.7. The van der Waals surface area contributed by atoms with E-state index in [1.807, 2.05) is 12.3 Å². The summed E-state index contributed by atoms with van der Waals surface area (Å²) in [6.07, 6.45) is 14.2. The highest BCUT2D eigenvalue weighted by molar-refractivity contribution is 5.63. The van der Waals surface area contributed by atoms with Crippen molar-refractivity contribution >= 4 is 5.69 Å². The number of nitrogens with one attached hydrogen (secondary N) is 1.